The van der Waals surface area contributed by atoms with Crippen LogP contribution in [0.2, 0.25) is 0 Å². The Labute approximate surface area is 113 Å². The lowest BCUT2D eigenvalue weighted by molar-refractivity contribution is -0.121. The molecule has 1 amide bonds. The Morgan fingerprint density at radius 2 is 2.11 bits per heavy atom. The largest absolute Gasteiger partial charge is 0.353 e. The van der Waals surface area contributed by atoms with E-state index < -0.39 is 0 Å². The van der Waals surface area contributed by atoms with E-state index >= 15 is 0 Å². The van der Waals surface area contributed by atoms with Gasteiger partial charge in [-0.15, -0.1) is 0 Å². The SMILES string of the molecule is CCCNCCNC(=O)Cn1ncc2ccccc21. The van der Waals surface area contributed by atoms with Crippen molar-refractivity contribution in [2.45, 2.75) is 19.9 Å². The lowest BCUT2D eigenvalue weighted by Gasteiger charge is -2.07. The lowest BCUT2D eigenvalue weighted by atomic mass is 10.2. The topological polar surface area (TPSA) is 58.9 Å². The Morgan fingerprint density at radius 1 is 1.26 bits per heavy atom. The number of hydrogen-bond donors (Lipinski definition) is 2. The van der Waals surface area contributed by atoms with Crippen LogP contribution < -0.4 is 10.6 Å². The van der Waals surface area contributed by atoms with Gasteiger partial charge in [0.2, 0.25) is 5.91 Å². The fraction of sp³-hybridized carbons (Fsp3) is 0.429. The molecule has 19 heavy (non-hydrogen) atoms. The van der Waals surface area contributed by atoms with Gasteiger partial charge in [0.25, 0.3) is 0 Å². The number of hydrogen-bond acceptors (Lipinski definition) is 3. The smallest absolute Gasteiger partial charge is 0.241 e. The fourth-order valence-electron chi connectivity index (χ4n) is 1.94. The van der Waals surface area contributed by atoms with Crippen LogP contribution in [-0.2, 0) is 11.3 Å². The number of aromatic nitrogens is 2. The molecule has 2 aromatic rings. The summed E-state index contributed by atoms with van der Waals surface area (Å²) in [4.78, 5) is 11.8. The normalized spacial score (nSPS) is 10.8. The Balaban J connectivity index is 1.82. The van der Waals surface area contributed by atoms with Gasteiger partial charge in [-0.2, -0.15) is 5.10 Å². The first-order chi connectivity index (χ1) is 9.31. The number of amides is 1. The molecule has 1 aromatic heterocycles. The van der Waals surface area contributed by atoms with Crippen LogP contribution in [-0.4, -0.2) is 35.3 Å². The molecule has 0 radical (unpaired) electrons. The molecule has 0 fully saturated rings. The molecule has 102 valence electrons. The molecule has 0 aliphatic heterocycles. The van der Waals surface area contributed by atoms with Crippen LogP contribution >= 0.6 is 0 Å². The van der Waals surface area contributed by atoms with Gasteiger partial charge in [-0.1, -0.05) is 25.1 Å². The van der Waals surface area contributed by atoms with Gasteiger partial charge in [0, 0.05) is 18.5 Å². The van der Waals surface area contributed by atoms with E-state index in [1.807, 2.05) is 24.3 Å². The molecule has 0 aliphatic carbocycles. The molecule has 0 aliphatic rings. The van der Waals surface area contributed by atoms with Gasteiger partial charge in [-0.25, -0.2) is 0 Å². The second-order valence-electron chi connectivity index (χ2n) is 4.46. The number of para-hydroxylation sites is 1. The molecular formula is C14H20N4O. The van der Waals surface area contributed by atoms with Crippen LogP contribution in [0.5, 0.6) is 0 Å². The highest BCUT2D eigenvalue weighted by molar-refractivity contribution is 5.81. The highest BCUT2D eigenvalue weighted by atomic mass is 16.2. The number of carbonyl (C=O) groups is 1. The minimum atomic E-state index is -0.00727. The highest BCUT2D eigenvalue weighted by Crippen LogP contribution is 2.11. The van der Waals surface area contributed by atoms with Crippen molar-refractivity contribution in [3.63, 3.8) is 0 Å². The van der Waals surface area contributed by atoms with E-state index in [-0.39, 0.29) is 12.5 Å². The first-order valence-corrected chi connectivity index (χ1v) is 6.69. The van der Waals surface area contributed by atoms with E-state index in [1.54, 1.807) is 10.9 Å². The zero-order valence-electron chi connectivity index (χ0n) is 11.2. The van der Waals surface area contributed by atoms with Crippen molar-refractivity contribution in [2.75, 3.05) is 19.6 Å². The molecule has 1 heterocycles. The van der Waals surface area contributed by atoms with Crippen molar-refractivity contribution in [1.29, 1.82) is 0 Å². The Kier molecular flexibility index (Phi) is 4.92. The summed E-state index contributed by atoms with van der Waals surface area (Å²) in [7, 11) is 0. The van der Waals surface area contributed by atoms with E-state index in [2.05, 4.69) is 22.7 Å². The number of benzene rings is 1. The monoisotopic (exact) mass is 260 g/mol. The van der Waals surface area contributed by atoms with Crippen LogP contribution in [0.4, 0.5) is 0 Å². The number of nitrogens with one attached hydrogen (secondary N) is 2. The maximum atomic E-state index is 11.8. The van der Waals surface area contributed by atoms with Crippen molar-refractivity contribution in [2.24, 2.45) is 0 Å². The van der Waals surface area contributed by atoms with Crippen molar-refractivity contribution in [3.8, 4) is 0 Å². The molecular weight excluding hydrogens is 240 g/mol. The summed E-state index contributed by atoms with van der Waals surface area (Å²) in [6.07, 6.45) is 2.89. The molecule has 1 aromatic carbocycles. The van der Waals surface area contributed by atoms with Crippen LogP contribution in [0.1, 0.15) is 13.3 Å². The summed E-state index contributed by atoms with van der Waals surface area (Å²) in [5.41, 5.74) is 0.988. The number of nitrogens with zero attached hydrogens (tertiary/aromatic N) is 2. The minimum absolute atomic E-state index is 0.00727. The van der Waals surface area contributed by atoms with Gasteiger partial charge in [0.15, 0.2) is 0 Å². The Bertz CT molecular complexity index is 535. The van der Waals surface area contributed by atoms with Gasteiger partial charge in [-0.3, -0.25) is 9.48 Å². The second kappa shape index (κ2) is 6.89. The van der Waals surface area contributed by atoms with Crippen molar-refractivity contribution in [1.82, 2.24) is 20.4 Å². The predicted molar refractivity (Wildman–Crippen MR) is 75.9 cm³/mol. The molecule has 0 unspecified atom stereocenters. The van der Waals surface area contributed by atoms with E-state index in [1.165, 1.54) is 0 Å². The third kappa shape index (κ3) is 3.79. The van der Waals surface area contributed by atoms with E-state index in [0.717, 1.165) is 30.4 Å². The van der Waals surface area contributed by atoms with Gasteiger partial charge >= 0.3 is 0 Å². The number of carbonyl (C=O) groups excluding carboxylic acids is 1. The Morgan fingerprint density at radius 3 is 2.95 bits per heavy atom. The number of rotatable bonds is 7. The molecule has 0 bridgehead atoms. The summed E-state index contributed by atoms with van der Waals surface area (Å²) in [6.45, 7) is 4.83. The first kappa shape index (κ1) is 13.5. The second-order valence-corrected chi connectivity index (χ2v) is 4.46. The van der Waals surface area contributed by atoms with Crippen molar-refractivity contribution < 1.29 is 4.79 Å². The minimum Gasteiger partial charge on any atom is -0.353 e. The van der Waals surface area contributed by atoms with Crippen molar-refractivity contribution >= 4 is 16.8 Å². The number of fused-ring (bicyclic) bond motifs is 1. The lowest BCUT2D eigenvalue weighted by Crippen LogP contribution is -2.34. The van der Waals surface area contributed by atoms with Crippen LogP contribution in [0.25, 0.3) is 10.9 Å². The summed E-state index contributed by atoms with van der Waals surface area (Å²) in [5.74, 6) is -0.00727. The quantitative estimate of drug-likeness (QED) is 0.734. The average Bonchev–Trinajstić information content (AvgIpc) is 2.82. The summed E-state index contributed by atoms with van der Waals surface area (Å²) >= 11 is 0. The van der Waals surface area contributed by atoms with E-state index in [9.17, 15) is 4.79 Å². The first-order valence-electron chi connectivity index (χ1n) is 6.69. The van der Waals surface area contributed by atoms with Gasteiger partial charge in [-0.05, 0) is 19.0 Å². The highest BCUT2D eigenvalue weighted by Gasteiger charge is 2.06. The molecule has 0 spiro atoms. The van der Waals surface area contributed by atoms with Crippen LogP contribution in [0.15, 0.2) is 30.5 Å². The average molecular weight is 260 g/mol. The molecule has 2 N–H and O–H groups in total. The Hall–Kier alpha value is -1.88. The third-order valence-corrected chi connectivity index (χ3v) is 2.90. The van der Waals surface area contributed by atoms with Crippen LogP contribution in [0, 0.1) is 0 Å². The van der Waals surface area contributed by atoms with E-state index in [4.69, 9.17) is 0 Å². The molecule has 5 heteroatoms. The molecule has 0 saturated heterocycles. The maximum absolute atomic E-state index is 11.8. The van der Waals surface area contributed by atoms with Crippen LogP contribution in [0.3, 0.4) is 0 Å². The summed E-state index contributed by atoms with van der Waals surface area (Å²) in [6, 6.07) is 7.88. The molecule has 5 nitrogen and oxygen atoms in total. The fourth-order valence-corrected chi connectivity index (χ4v) is 1.94. The zero-order chi connectivity index (χ0) is 13.5. The summed E-state index contributed by atoms with van der Waals surface area (Å²) in [5, 5.41) is 11.4. The zero-order valence-corrected chi connectivity index (χ0v) is 11.2. The predicted octanol–water partition coefficient (Wildman–Crippen LogP) is 1.15. The maximum Gasteiger partial charge on any atom is 0.241 e. The van der Waals surface area contributed by atoms with Gasteiger partial charge in [0.05, 0.1) is 11.7 Å². The standard InChI is InChI=1S/C14H20N4O/c1-2-7-15-8-9-16-14(19)11-18-13-6-4-3-5-12(13)10-17-18/h3-6,10,15H,2,7-9,11H2,1H3,(H,16,19). The van der Waals surface area contributed by atoms with E-state index in [0.29, 0.717) is 6.54 Å². The molecule has 0 saturated carbocycles. The third-order valence-electron chi connectivity index (χ3n) is 2.90. The van der Waals surface area contributed by atoms with Crippen molar-refractivity contribution in [3.05, 3.63) is 30.5 Å². The van der Waals surface area contributed by atoms with Gasteiger partial charge < -0.3 is 10.6 Å². The van der Waals surface area contributed by atoms with Gasteiger partial charge in [0.1, 0.15) is 6.54 Å². The molecule has 0 atom stereocenters. The summed E-state index contributed by atoms with van der Waals surface area (Å²) < 4.78 is 1.73. The molecule has 2 rings (SSSR count).